The summed E-state index contributed by atoms with van der Waals surface area (Å²) < 4.78 is 33.9. The van der Waals surface area contributed by atoms with E-state index in [4.69, 9.17) is 4.74 Å². The van der Waals surface area contributed by atoms with Crippen molar-refractivity contribution < 1.29 is 23.1 Å². The molecule has 1 aliphatic carbocycles. The zero-order valence-electron chi connectivity index (χ0n) is 25.3. The van der Waals surface area contributed by atoms with E-state index in [9.17, 15) is 18.4 Å². The molecular weight excluding hydrogens is 528 g/mol. The zero-order chi connectivity index (χ0) is 29.4. The summed E-state index contributed by atoms with van der Waals surface area (Å²) >= 11 is 0. The summed E-state index contributed by atoms with van der Waals surface area (Å²) in [5.41, 5.74) is 1.55. The zero-order valence-corrected chi connectivity index (χ0v) is 25.3. The summed E-state index contributed by atoms with van der Waals surface area (Å²) in [6.07, 6.45) is 8.06. The van der Waals surface area contributed by atoms with Crippen molar-refractivity contribution in [2.45, 2.75) is 121 Å². The fraction of sp³-hybridized carbons (Fsp3) is 0.806. The number of carbonyl (C=O) groups excluding carboxylic acids is 2. The molecule has 8 nitrogen and oxygen atoms in total. The van der Waals surface area contributed by atoms with Crippen molar-refractivity contribution in [3.63, 3.8) is 0 Å². The maximum atomic E-state index is 13.8. The van der Waals surface area contributed by atoms with E-state index in [1.807, 2.05) is 18.7 Å². The van der Waals surface area contributed by atoms with E-state index in [1.165, 1.54) is 6.33 Å². The van der Waals surface area contributed by atoms with Crippen LogP contribution in [0.25, 0.3) is 0 Å². The maximum Gasteiger partial charge on any atom is 0.410 e. The monoisotopic (exact) mass is 575 g/mol. The Kier molecular flexibility index (Phi) is 8.61. The highest BCUT2D eigenvalue weighted by atomic mass is 19.3. The molecule has 4 aliphatic rings. The van der Waals surface area contributed by atoms with Gasteiger partial charge in [-0.05, 0) is 52.9 Å². The highest BCUT2D eigenvalue weighted by Crippen LogP contribution is 2.45. The number of likely N-dealkylation sites (tertiary alicyclic amines) is 2. The summed E-state index contributed by atoms with van der Waals surface area (Å²) in [7, 11) is 0. The van der Waals surface area contributed by atoms with Crippen molar-refractivity contribution in [3.8, 4) is 0 Å². The standard InChI is InChI=1S/C31H47F2N5O3/c1-5-6-7-24-20-38(25-8-10-31(32,33)11-9-25)28(40)41-30(24)14-18-37(19-15-30)29(4)12-16-36(17-13-29)27(39)26-22(2)34-21-35-23(26)3/h21,24-25H,5-20H2,1-4H3/t24-/m0/s1. The number of carbonyl (C=O) groups is 2. The van der Waals surface area contributed by atoms with Crippen molar-refractivity contribution in [3.05, 3.63) is 23.3 Å². The second kappa shape index (κ2) is 11.7. The smallest absolute Gasteiger partial charge is 0.410 e. The van der Waals surface area contributed by atoms with Gasteiger partial charge < -0.3 is 14.5 Å². The average molecular weight is 576 g/mol. The van der Waals surface area contributed by atoms with Crippen LogP contribution in [0.5, 0.6) is 0 Å². The van der Waals surface area contributed by atoms with Crippen LogP contribution in [0.15, 0.2) is 6.33 Å². The first kappa shape index (κ1) is 30.1. The molecule has 4 heterocycles. The Bertz CT molecular complexity index is 1080. The Balaban J connectivity index is 1.21. The maximum absolute atomic E-state index is 13.8. The van der Waals surface area contributed by atoms with Crippen LogP contribution in [-0.2, 0) is 4.74 Å². The van der Waals surface area contributed by atoms with Crippen LogP contribution in [0.2, 0.25) is 0 Å². The van der Waals surface area contributed by atoms with E-state index in [2.05, 4.69) is 28.7 Å². The lowest BCUT2D eigenvalue weighted by molar-refractivity contribution is -0.143. The topological polar surface area (TPSA) is 78.9 Å². The van der Waals surface area contributed by atoms with E-state index in [0.717, 1.165) is 69.4 Å². The molecular formula is C31H47F2N5O3. The fourth-order valence-electron chi connectivity index (χ4n) is 7.74. The molecule has 1 aromatic rings. The molecule has 0 N–H and O–H groups in total. The van der Waals surface area contributed by atoms with E-state index in [-0.39, 0.29) is 42.3 Å². The van der Waals surface area contributed by atoms with Gasteiger partial charge in [0.15, 0.2) is 0 Å². The number of hydrogen-bond donors (Lipinski definition) is 0. The number of unbranched alkanes of at least 4 members (excludes halogenated alkanes) is 1. The largest absolute Gasteiger partial charge is 0.442 e. The molecule has 0 bridgehead atoms. The molecule has 1 saturated carbocycles. The number of halogens is 2. The highest BCUT2D eigenvalue weighted by Gasteiger charge is 2.53. The molecule has 5 rings (SSSR count). The first-order chi connectivity index (χ1) is 19.5. The van der Waals surface area contributed by atoms with Gasteiger partial charge in [0.1, 0.15) is 11.9 Å². The van der Waals surface area contributed by atoms with Gasteiger partial charge in [-0.1, -0.05) is 19.8 Å². The Morgan fingerprint density at radius 3 is 2.20 bits per heavy atom. The lowest BCUT2D eigenvalue weighted by atomic mass is 9.73. The third-order valence-corrected chi connectivity index (χ3v) is 10.7. The summed E-state index contributed by atoms with van der Waals surface area (Å²) in [6, 6.07) is -0.148. The number of nitrogens with zero attached hydrogens (tertiary/aromatic N) is 5. The van der Waals surface area contributed by atoms with E-state index >= 15 is 0 Å². The first-order valence-electron chi connectivity index (χ1n) is 15.7. The van der Waals surface area contributed by atoms with Gasteiger partial charge in [0, 0.05) is 75.9 Å². The molecule has 0 radical (unpaired) electrons. The molecule has 4 fully saturated rings. The van der Waals surface area contributed by atoms with Crippen LogP contribution < -0.4 is 0 Å². The number of amides is 2. The molecule has 2 amide bonds. The highest BCUT2D eigenvalue weighted by molar-refractivity contribution is 5.96. The minimum absolute atomic E-state index is 0.0133. The van der Waals surface area contributed by atoms with Gasteiger partial charge in [-0.15, -0.1) is 0 Å². The van der Waals surface area contributed by atoms with Crippen LogP contribution >= 0.6 is 0 Å². The van der Waals surface area contributed by atoms with Gasteiger partial charge in [-0.25, -0.2) is 23.5 Å². The minimum Gasteiger partial charge on any atom is -0.442 e. The molecule has 3 aliphatic heterocycles. The third kappa shape index (κ3) is 6.09. The van der Waals surface area contributed by atoms with Crippen LogP contribution in [0.4, 0.5) is 13.6 Å². The van der Waals surface area contributed by atoms with Crippen molar-refractivity contribution in [1.82, 2.24) is 24.7 Å². The van der Waals surface area contributed by atoms with Gasteiger partial charge in [-0.2, -0.15) is 0 Å². The Morgan fingerprint density at radius 2 is 1.61 bits per heavy atom. The summed E-state index contributed by atoms with van der Waals surface area (Å²) in [5.74, 6) is -2.38. The molecule has 3 saturated heterocycles. The number of ether oxygens (including phenoxy) is 1. The number of hydrogen-bond acceptors (Lipinski definition) is 6. The van der Waals surface area contributed by atoms with Crippen LogP contribution in [0.1, 0.15) is 106 Å². The first-order valence-corrected chi connectivity index (χ1v) is 15.7. The van der Waals surface area contributed by atoms with E-state index in [1.54, 1.807) is 4.90 Å². The predicted molar refractivity (Wildman–Crippen MR) is 152 cm³/mol. The van der Waals surface area contributed by atoms with Gasteiger partial charge in [0.25, 0.3) is 5.91 Å². The quantitative estimate of drug-likeness (QED) is 0.429. The van der Waals surface area contributed by atoms with Crippen LogP contribution in [-0.4, -0.2) is 92.5 Å². The molecule has 1 spiro atoms. The number of aromatic nitrogens is 2. The summed E-state index contributed by atoms with van der Waals surface area (Å²) in [4.78, 5) is 41.3. The van der Waals surface area contributed by atoms with Gasteiger partial charge in [0.2, 0.25) is 5.92 Å². The second-order valence-electron chi connectivity index (χ2n) is 13.2. The van der Waals surface area contributed by atoms with Gasteiger partial charge in [-0.3, -0.25) is 9.69 Å². The molecule has 10 heteroatoms. The third-order valence-electron chi connectivity index (χ3n) is 10.7. The second-order valence-corrected chi connectivity index (χ2v) is 13.2. The summed E-state index contributed by atoms with van der Waals surface area (Å²) in [5, 5.41) is 0. The Hall–Kier alpha value is -2.36. The van der Waals surface area contributed by atoms with Crippen molar-refractivity contribution >= 4 is 12.0 Å². The van der Waals surface area contributed by atoms with Crippen molar-refractivity contribution in [2.75, 3.05) is 32.7 Å². The van der Waals surface area contributed by atoms with Gasteiger partial charge >= 0.3 is 6.09 Å². The Morgan fingerprint density at radius 1 is 1.00 bits per heavy atom. The van der Waals surface area contributed by atoms with Crippen LogP contribution in [0.3, 0.4) is 0 Å². The lowest BCUT2D eigenvalue weighted by Crippen LogP contribution is -2.64. The number of aryl methyl sites for hydroxylation is 2. The summed E-state index contributed by atoms with van der Waals surface area (Å²) in [6.45, 7) is 11.9. The van der Waals surface area contributed by atoms with Gasteiger partial charge in [0.05, 0.1) is 17.0 Å². The van der Waals surface area contributed by atoms with E-state index < -0.39 is 11.5 Å². The average Bonchev–Trinajstić information content (AvgIpc) is 2.93. The lowest BCUT2D eigenvalue weighted by Gasteiger charge is -2.55. The number of piperidine rings is 2. The molecule has 0 unspecified atom stereocenters. The molecule has 0 aromatic carbocycles. The fourth-order valence-corrected chi connectivity index (χ4v) is 7.74. The van der Waals surface area contributed by atoms with E-state index in [0.29, 0.717) is 38.0 Å². The van der Waals surface area contributed by atoms with Crippen molar-refractivity contribution in [2.24, 2.45) is 5.92 Å². The van der Waals surface area contributed by atoms with Crippen molar-refractivity contribution in [1.29, 1.82) is 0 Å². The number of rotatable bonds is 6. The molecule has 41 heavy (non-hydrogen) atoms. The predicted octanol–water partition coefficient (Wildman–Crippen LogP) is 5.76. The number of alkyl halides is 2. The molecule has 1 aromatic heterocycles. The van der Waals surface area contributed by atoms with Crippen LogP contribution in [0, 0.1) is 19.8 Å². The molecule has 1 atom stereocenters. The minimum atomic E-state index is -2.61. The SMILES string of the molecule is CCCC[C@H]1CN(C2CCC(F)(F)CC2)C(=O)OC12CCN(C1(C)CCN(C(=O)c3c(C)ncnc3C)CC1)CC2. The Labute approximate surface area is 243 Å². The molecule has 228 valence electrons. The normalized spacial score (nSPS) is 26.7.